The summed E-state index contributed by atoms with van der Waals surface area (Å²) < 4.78 is 10.9. The Bertz CT molecular complexity index is 769. The number of hydrogen-bond donors (Lipinski definition) is 1. The number of methoxy groups -OCH3 is 1. The molecule has 0 spiro atoms. The molecule has 3 rings (SSSR count). The molecule has 3 aromatic rings. The molecule has 1 N–H and O–H groups in total. The smallest absolute Gasteiger partial charge is 0.236 e. The van der Waals surface area contributed by atoms with Gasteiger partial charge in [-0.3, -0.25) is 0 Å². The van der Waals surface area contributed by atoms with E-state index in [4.69, 9.17) is 20.8 Å². The average molecular weight is 335 g/mol. The van der Waals surface area contributed by atoms with Gasteiger partial charge >= 0.3 is 0 Å². The van der Waals surface area contributed by atoms with Crippen molar-refractivity contribution >= 4 is 28.6 Å². The van der Waals surface area contributed by atoms with E-state index >= 15 is 0 Å². The van der Waals surface area contributed by atoms with E-state index in [1.54, 1.807) is 18.4 Å². The van der Waals surface area contributed by atoms with Gasteiger partial charge in [-0.05, 0) is 36.6 Å². The van der Waals surface area contributed by atoms with Crippen molar-refractivity contribution in [1.29, 1.82) is 0 Å². The number of halogens is 1. The maximum atomic E-state index is 6.12. The molecule has 0 atom stereocenters. The summed E-state index contributed by atoms with van der Waals surface area (Å²) in [7, 11) is 1.60. The van der Waals surface area contributed by atoms with E-state index in [2.05, 4.69) is 10.3 Å². The molecule has 2 heterocycles. The summed E-state index contributed by atoms with van der Waals surface area (Å²) in [6.45, 7) is 2.49. The predicted molar refractivity (Wildman–Crippen MR) is 89.9 cm³/mol. The Kier molecular flexibility index (Phi) is 4.36. The lowest BCUT2D eigenvalue weighted by atomic mass is 10.3. The molecule has 1 aromatic carbocycles. The Morgan fingerprint density at radius 2 is 2.23 bits per heavy atom. The van der Waals surface area contributed by atoms with Crippen molar-refractivity contribution in [1.82, 2.24) is 4.98 Å². The van der Waals surface area contributed by atoms with Gasteiger partial charge in [-0.1, -0.05) is 17.7 Å². The molecule has 0 radical (unpaired) electrons. The van der Waals surface area contributed by atoms with Gasteiger partial charge < -0.3 is 14.5 Å². The molecule has 0 unspecified atom stereocenters. The van der Waals surface area contributed by atoms with E-state index in [9.17, 15) is 0 Å². The maximum Gasteiger partial charge on any atom is 0.236 e. The van der Waals surface area contributed by atoms with Crippen molar-refractivity contribution in [2.24, 2.45) is 0 Å². The number of anilines is 1. The lowest BCUT2D eigenvalue weighted by molar-refractivity contribution is 0.415. The highest BCUT2D eigenvalue weighted by Crippen LogP contribution is 2.28. The first-order valence-corrected chi connectivity index (χ1v) is 8.00. The number of nitrogens with zero attached hydrogens (tertiary/aromatic N) is 1. The Hall–Kier alpha value is -1.98. The summed E-state index contributed by atoms with van der Waals surface area (Å²) in [5, 5.41) is 5.87. The minimum Gasteiger partial charge on any atom is -0.495 e. The van der Waals surface area contributed by atoms with Crippen molar-refractivity contribution in [3.63, 3.8) is 0 Å². The number of aromatic nitrogens is 1. The Morgan fingerprint density at radius 3 is 2.91 bits per heavy atom. The van der Waals surface area contributed by atoms with Gasteiger partial charge in [0.15, 0.2) is 0 Å². The second-order valence-electron chi connectivity index (χ2n) is 4.70. The average Bonchev–Trinajstić information content (AvgIpc) is 3.15. The van der Waals surface area contributed by atoms with Gasteiger partial charge in [0.05, 0.1) is 23.6 Å². The lowest BCUT2D eigenvalue weighted by Gasteiger charge is -2.07. The van der Waals surface area contributed by atoms with Crippen molar-refractivity contribution in [2.45, 2.75) is 13.5 Å². The number of nitrogens with one attached hydrogen (secondary N) is 1. The van der Waals surface area contributed by atoms with Crippen LogP contribution in [0.15, 0.2) is 40.1 Å². The fourth-order valence-electron chi connectivity index (χ4n) is 2.06. The van der Waals surface area contributed by atoms with Crippen LogP contribution in [-0.2, 0) is 6.54 Å². The molecule has 2 aromatic heterocycles. The number of benzene rings is 1. The minimum absolute atomic E-state index is 0.573. The van der Waals surface area contributed by atoms with Gasteiger partial charge in [0, 0.05) is 5.69 Å². The minimum atomic E-state index is 0.573. The molecule has 0 saturated carbocycles. The van der Waals surface area contributed by atoms with Gasteiger partial charge in [0.1, 0.15) is 17.2 Å². The molecule has 4 nitrogen and oxygen atoms in total. The number of oxazole rings is 1. The van der Waals surface area contributed by atoms with Gasteiger partial charge in [-0.15, -0.1) is 11.3 Å². The molecule has 114 valence electrons. The van der Waals surface area contributed by atoms with Crippen LogP contribution in [0.2, 0.25) is 5.02 Å². The van der Waals surface area contributed by atoms with Crippen LogP contribution in [0.1, 0.15) is 11.5 Å². The highest BCUT2D eigenvalue weighted by molar-refractivity contribution is 7.13. The van der Waals surface area contributed by atoms with Gasteiger partial charge in [0.25, 0.3) is 0 Å². The Labute approximate surface area is 137 Å². The molecular formula is C16H15ClN2O2S. The number of ether oxygens (including phenoxy) is 1. The Balaban J connectivity index is 1.73. The van der Waals surface area contributed by atoms with E-state index in [1.165, 1.54) is 0 Å². The molecule has 22 heavy (non-hydrogen) atoms. The summed E-state index contributed by atoms with van der Waals surface area (Å²) >= 11 is 7.73. The van der Waals surface area contributed by atoms with E-state index in [1.807, 2.05) is 42.6 Å². The Morgan fingerprint density at radius 1 is 1.36 bits per heavy atom. The molecule has 0 aliphatic carbocycles. The first-order chi connectivity index (χ1) is 10.7. The zero-order valence-corrected chi connectivity index (χ0v) is 13.8. The second kappa shape index (κ2) is 6.42. The molecule has 0 amide bonds. The van der Waals surface area contributed by atoms with E-state index in [0.717, 1.165) is 22.0 Å². The molecule has 0 aliphatic heterocycles. The van der Waals surface area contributed by atoms with Crippen LogP contribution in [0.3, 0.4) is 0 Å². The van der Waals surface area contributed by atoms with Crippen LogP contribution in [0.4, 0.5) is 5.69 Å². The van der Waals surface area contributed by atoms with Crippen LogP contribution in [0, 0.1) is 6.92 Å². The quantitative estimate of drug-likeness (QED) is 0.714. The van der Waals surface area contributed by atoms with E-state index in [-0.39, 0.29) is 0 Å². The maximum absolute atomic E-state index is 6.12. The summed E-state index contributed by atoms with van der Waals surface area (Å²) in [5.41, 5.74) is 1.79. The van der Waals surface area contributed by atoms with E-state index in [0.29, 0.717) is 23.2 Å². The van der Waals surface area contributed by atoms with Crippen LogP contribution in [0.25, 0.3) is 10.8 Å². The normalized spacial score (nSPS) is 10.7. The SMILES string of the molecule is COc1ccc(NCc2nc(-c3cccs3)oc2C)cc1Cl. The van der Waals surface area contributed by atoms with Crippen molar-refractivity contribution in [3.8, 4) is 16.5 Å². The lowest BCUT2D eigenvalue weighted by Crippen LogP contribution is -2.01. The number of hydrogen-bond acceptors (Lipinski definition) is 5. The van der Waals surface area contributed by atoms with Crippen LogP contribution < -0.4 is 10.1 Å². The van der Waals surface area contributed by atoms with Crippen molar-refractivity contribution in [3.05, 3.63) is 52.2 Å². The zero-order valence-electron chi connectivity index (χ0n) is 12.2. The van der Waals surface area contributed by atoms with E-state index < -0.39 is 0 Å². The second-order valence-corrected chi connectivity index (χ2v) is 6.06. The highest BCUT2D eigenvalue weighted by Gasteiger charge is 2.12. The summed E-state index contributed by atoms with van der Waals surface area (Å²) in [6.07, 6.45) is 0. The third-order valence-electron chi connectivity index (χ3n) is 3.24. The third kappa shape index (κ3) is 3.10. The van der Waals surface area contributed by atoms with Crippen LogP contribution >= 0.6 is 22.9 Å². The van der Waals surface area contributed by atoms with Gasteiger partial charge in [-0.25, -0.2) is 4.98 Å². The molecule has 0 bridgehead atoms. The molecule has 0 fully saturated rings. The largest absolute Gasteiger partial charge is 0.495 e. The van der Waals surface area contributed by atoms with Crippen LogP contribution in [-0.4, -0.2) is 12.1 Å². The topological polar surface area (TPSA) is 47.3 Å². The first kappa shape index (κ1) is 14.9. The zero-order chi connectivity index (χ0) is 15.5. The predicted octanol–water partition coefficient (Wildman–Crippen LogP) is 4.99. The van der Waals surface area contributed by atoms with Crippen molar-refractivity contribution < 1.29 is 9.15 Å². The summed E-state index contributed by atoms with van der Waals surface area (Å²) in [6, 6.07) is 9.56. The van der Waals surface area contributed by atoms with Gasteiger partial charge in [0.2, 0.25) is 5.89 Å². The third-order valence-corrected chi connectivity index (χ3v) is 4.39. The summed E-state index contributed by atoms with van der Waals surface area (Å²) in [4.78, 5) is 5.58. The highest BCUT2D eigenvalue weighted by atomic mass is 35.5. The number of thiophene rings is 1. The standard InChI is InChI=1S/C16H15ClN2O2S/c1-10-13(19-16(21-10)15-4-3-7-22-15)9-18-11-5-6-14(20-2)12(17)8-11/h3-8,18H,9H2,1-2H3. The molecule has 0 aliphatic rings. The molecule has 6 heteroatoms. The molecular weight excluding hydrogens is 320 g/mol. The number of rotatable bonds is 5. The summed E-state index contributed by atoms with van der Waals surface area (Å²) in [5.74, 6) is 2.14. The van der Waals surface area contributed by atoms with Crippen LogP contribution in [0.5, 0.6) is 5.75 Å². The number of aryl methyl sites for hydroxylation is 1. The fourth-order valence-corrected chi connectivity index (χ4v) is 2.97. The monoisotopic (exact) mass is 334 g/mol. The fraction of sp³-hybridized carbons (Fsp3) is 0.188. The molecule has 0 saturated heterocycles. The van der Waals surface area contributed by atoms with Crippen molar-refractivity contribution in [2.75, 3.05) is 12.4 Å². The van der Waals surface area contributed by atoms with Gasteiger partial charge in [-0.2, -0.15) is 0 Å². The first-order valence-electron chi connectivity index (χ1n) is 6.75.